The van der Waals surface area contributed by atoms with Crippen molar-refractivity contribution in [1.29, 1.82) is 0 Å². The molecule has 7 nitrogen and oxygen atoms in total. The van der Waals surface area contributed by atoms with E-state index in [0.717, 1.165) is 49.5 Å². The molecule has 2 unspecified atom stereocenters. The fourth-order valence-electron chi connectivity index (χ4n) is 5.28. The molecule has 2 aliphatic rings. The molecule has 11 heteroatoms. The van der Waals surface area contributed by atoms with E-state index in [2.05, 4.69) is 35.0 Å². The van der Waals surface area contributed by atoms with Crippen LogP contribution in [-0.2, 0) is 22.7 Å². The van der Waals surface area contributed by atoms with Crippen LogP contribution in [0.4, 0.5) is 18.3 Å². The average molecular weight is 576 g/mol. The van der Waals surface area contributed by atoms with Gasteiger partial charge in [-0.2, -0.15) is 13.2 Å². The Balaban J connectivity index is 1.26. The minimum absolute atomic E-state index is 0.0846. The summed E-state index contributed by atoms with van der Waals surface area (Å²) in [6.45, 7) is 6.50. The van der Waals surface area contributed by atoms with E-state index < -0.39 is 30.5 Å². The summed E-state index contributed by atoms with van der Waals surface area (Å²) in [4.78, 5) is 20.0. The van der Waals surface area contributed by atoms with E-state index in [4.69, 9.17) is 9.47 Å². The van der Waals surface area contributed by atoms with Crippen LogP contribution in [0.3, 0.4) is 0 Å². The van der Waals surface area contributed by atoms with E-state index in [0.29, 0.717) is 23.2 Å². The van der Waals surface area contributed by atoms with Crippen LogP contribution in [0.5, 0.6) is 5.75 Å². The van der Waals surface area contributed by atoms with Crippen molar-refractivity contribution in [3.8, 4) is 17.0 Å². The second-order valence-corrected chi connectivity index (χ2v) is 11.1. The van der Waals surface area contributed by atoms with Gasteiger partial charge < -0.3 is 19.5 Å². The highest BCUT2D eigenvalue weighted by Gasteiger charge is 2.50. The van der Waals surface area contributed by atoms with Gasteiger partial charge in [0.15, 0.2) is 5.13 Å². The number of carboxylic acids is 1. The van der Waals surface area contributed by atoms with Gasteiger partial charge in [0.25, 0.3) is 0 Å². The van der Waals surface area contributed by atoms with Gasteiger partial charge in [-0.25, -0.2) is 4.98 Å². The van der Waals surface area contributed by atoms with Gasteiger partial charge in [-0.1, -0.05) is 30.3 Å². The van der Waals surface area contributed by atoms with Crippen molar-refractivity contribution in [2.24, 2.45) is 11.8 Å². The molecule has 0 saturated carbocycles. The summed E-state index contributed by atoms with van der Waals surface area (Å²) >= 11 is 1.25. The monoisotopic (exact) mass is 575 g/mol. The number of piperidine rings is 1. The topological polar surface area (TPSA) is 75.1 Å². The van der Waals surface area contributed by atoms with Crippen molar-refractivity contribution in [3.05, 3.63) is 64.5 Å². The number of carboxylic acid groups (broad SMARTS) is 1. The zero-order valence-corrected chi connectivity index (χ0v) is 23.0. The summed E-state index contributed by atoms with van der Waals surface area (Å²) in [6.07, 6.45) is -4.68. The number of alkyl halides is 3. The standard InChI is InChI=1S/C29H32F3N3O4S/c1-19-14-20(15-34-10-12-38-13-11-34)6-7-21(19)17-39-26-5-3-2-4-23(26)25-18-40-28(33-25)35-9-8-22(27(36)37)24(16-35)29(30,31)32/h2-7,14,18,22,24H,8-13,15-17H2,1H3,(H,36,37). The number of hydrogen-bond acceptors (Lipinski definition) is 7. The normalized spacial score (nSPS) is 20.4. The van der Waals surface area contributed by atoms with Gasteiger partial charge in [-0.3, -0.25) is 9.69 Å². The minimum atomic E-state index is -4.60. The van der Waals surface area contributed by atoms with Crippen molar-refractivity contribution in [2.75, 3.05) is 44.3 Å². The van der Waals surface area contributed by atoms with E-state index in [1.165, 1.54) is 21.8 Å². The summed E-state index contributed by atoms with van der Waals surface area (Å²) < 4.78 is 52.5. The van der Waals surface area contributed by atoms with Gasteiger partial charge in [-0.05, 0) is 42.2 Å². The van der Waals surface area contributed by atoms with E-state index in [-0.39, 0.29) is 13.0 Å². The number of ether oxygens (including phenoxy) is 2. The second-order valence-electron chi connectivity index (χ2n) is 10.3. The summed E-state index contributed by atoms with van der Waals surface area (Å²) in [6, 6.07) is 13.9. The van der Waals surface area contributed by atoms with Crippen LogP contribution in [0.25, 0.3) is 11.3 Å². The molecule has 2 aliphatic heterocycles. The van der Waals surface area contributed by atoms with Crippen molar-refractivity contribution in [1.82, 2.24) is 9.88 Å². The van der Waals surface area contributed by atoms with Crippen LogP contribution in [0.1, 0.15) is 23.1 Å². The van der Waals surface area contributed by atoms with Crippen LogP contribution < -0.4 is 9.64 Å². The SMILES string of the molecule is Cc1cc(CN2CCOCC2)ccc1COc1ccccc1-c1csc(N2CCC(C(=O)O)C(C(F)(F)F)C2)n1. The maximum absolute atomic E-state index is 13.6. The molecule has 214 valence electrons. The van der Waals surface area contributed by atoms with Crippen LogP contribution >= 0.6 is 11.3 Å². The number of aryl methyl sites for hydroxylation is 1. The van der Waals surface area contributed by atoms with Crippen LogP contribution in [-0.4, -0.2) is 66.5 Å². The maximum atomic E-state index is 13.6. The molecule has 0 spiro atoms. The van der Waals surface area contributed by atoms with Gasteiger partial charge in [0.2, 0.25) is 0 Å². The summed E-state index contributed by atoms with van der Waals surface area (Å²) in [5.74, 6) is -4.16. The minimum Gasteiger partial charge on any atom is -0.488 e. The molecule has 5 rings (SSSR count). The number of halogens is 3. The zero-order chi connectivity index (χ0) is 28.3. The number of morpholine rings is 1. The highest BCUT2D eigenvalue weighted by atomic mass is 32.1. The molecule has 3 aromatic rings. The number of thiazole rings is 1. The summed E-state index contributed by atoms with van der Waals surface area (Å²) in [5.41, 5.74) is 4.82. The van der Waals surface area contributed by atoms with E-state index in [1.807, 2.05) is 24.3 Å². The molecule has 0 aliphatic carbocycles. The van der Waals surface area contributed by atoms with Gasteiger partial charge in [-0.15, -0.1) is 11.3 Å². The molecule has 2 fully saturated rings. The Bertz CT molecular complexity index is 1330. The van der Waals surface area contributed by atoms with E-state index >= 15 is 0 Å². The first-order valence-corrected chi connectivity index (χ1v) is 14.2. The van der Waals surface area contributed by atoms with Crippen LogP contribution in [0, 0.1) is 18.8 Å². The Labute approximate surface area is 235 Å². The third-order valence-corrected chi connectivity index (χ3v) is 8.48. The lowest BCUT2D eigenvalue weighted by Crippen LogP contribution is -2.49. The predicted molar refractivity (Wildman–Crippen MR) is 147 cm³/mol. The average Bonchev–Trinajstić information content (AvgIpc) is 3.43. The number of para-hydroxylation sites is 1. The Morgan fingerprint density at radius 3 is 2.67 bits per heavy atom. The third kappa shape index (κ3) is 6.59. The summed E-state index contributed by atoms with van der Waals surface area (Å²) in [7, 11) is 0. The first kappa shape index (κ1) is 28.4. The molecule has 0 bridgehead atoms. The number of carbonyl (C=O) groups is 1. The van der Waals surface area contributed by atoms with Crippen molar-refractivity contribution >= 4 is 22.4 Å². The largest absolute Gasteiger partial charge is 0.488 e. The number of benzene rings is 2. The van der Waals surface area contributed by atoms with Gasteiger partial charge in [0, 0.05) is 43.7 Å². The third-order valence-electron chi connectivity index (χ3n) is 7.58. The van der Waals surface area contributed by atoms with Gasteiger partial charge >= 0.3 is 12.1 Å². The molecule has 3 heterocycles. The van der Waals surface area contributed by atoms with Crippen molar-refractivity contribution in [2.45, 2.75) is 32.7 Å². The van der Waals surface area contributed by atoms with E-state index in [1.54, 1.807) is 5.38 Å². The zero-order valence-electron chi connectivity index (χ0n) is 22.2. The Morgan fingerprint density at radius 1 is 1.18 bits per heavy atom. The van der Waals surface area contributed by atoms with Crippen molar-refractivity contribution < 1.29 is 32.5 Å². The predicted octanol–water partition coefficient (Wildman–Crippen LogP) is 5.62. The highest BCUT2D eigenvalue weighted by Crippen LogP contribution is 2.40. The van der Waals surface area contributed by atoms with Gasteiger partial charge in [0.1, 0.15) is 12.4 Å². The van der Waals surface area contributed by atoms with Crippen molar-refractivity contribution in [3.63, 3.8) is 0 Å². The van der Waals surface area contributed by atoms with Gasteiger partial charge in [0.05, 0.1) is 30.7 Å². The second kappa shape index (κ2) is 12.2. The van der Waals surface area contributed by atoms with Crippen LogP contribution in [0.15, 0.2) is 47.8 Å². The number of rotatable bonds is 8. The molecule has 1 N–H and O–H groups in total. The Hall–Kier alpha value is -3.15. The quantitative estimate of drug-likeness (QED) is 0.374. The van der Waals surface area contributed by atoms with E-state index in [9.17, 15) is 23.1 Å². The number of aliphatic carboxylic acids is 1. The first-order chi connectivity index (χ1) is 19.2. The smallest absolute Gasteiger partial charge is 0.394 e. The number of anilines is 1. The Kier molecular flexibility index (Phi) is 8.62. The highest BCUT2D eigenvalue weighted by molar-refractivity contribution is 7.14. The molecule has 2 atom stereocenters. The molecular formula is C29H32F3N3O4S. The first-order valence-electron chi connectivity index (χ1n) is 13.3. The molecular weight excluding hydrogens is 543 g/mol. The lowest BCUT2D eigenvalue weighted by molar-refractivity contribution is -0.197. The molecule has 0 amide bonds. The number of hydrogen-bond donors (Lipinski definition) is 1. The van der Waals surface area contributed by atoms with Crippen LogP contribution in [0.2, 0.25) is 0 Å². The molecule has 2 aromatic carbocycles. The fraction of sp³-hybridized carbons (Fsp3) is 0.448. The molecule has 0 radical (unpaired) electrons. The fourth-order valence-corrected chi connectivity index (χ4v) is 6.14. The number of aromatic nitrogens is 1. The summed E-state index contributed by atoms with van der Waals surface area (Å²) in [5, 5.41) is 11.5. The maximum Gasteiger partial charge on any atom is 0.394 e. The molecule has 1 aromatic heterocycles. The lowest BCUT2D eigenvalue weighted by atomic mass is 9.85. The molecule has 2 saturated heterocycles. The number of nitrogens with zero attached hydrogens (tertiary/aromatic N) is 3. The Morgan fingerprint density at radius 2 is 1.95 bits per heavy atom. The molecule has 40 heavy (non-hydrogen) atoms. The lowest BCUT2D eigenvalue weighted by Gasteiger charge is -2.37.